The maximum absolute atomic E-state index is 5.31. The van der Waals surface area contributed by atoms with Gasteiger partial charge in [-0.15, -0.1) is 0 Å². The Labute approximate surface area is 310 Å². The van der Waals surface area contributed by atoms with Crippen molar-refractivity contribution in [2.24, 2.45) is 0 Å². The number of pyridine rings is 2. The molecule has 5 heteroatoms. The van der Waals surface area contributed by atoms with E-state index in [0.717, 1.165) is 65.9 Å². The van der Waals surface area contributed by atoms with Crippen molar-refractivity contribution in [1.29, 1.82) is 0 Å². The van der Waals surface area contributed by atoms with Gasteiger partial charge in [0.2, 0.25) is 0 Å². The van der Waals surface area contributed by atoms with E-state index in [1.165, 1.54) is 26.9 Å². The average molecular weight is 688 g/mol. The minimum atomic E-state index is 0.586. The SMILES string of the molecule is c1ccc2cc(-c3nc(-c4ccc5ccccc5c4)nc(-c4ccc(-c5nc6ccccc6c6c5ccc5ccccc56)c5ncccc45)n3)ccc2c1. The van der Waals surface area contributed by atoms with Crippen LogP contribution in [0.15, 0.2) is 176 Å². The van der Waals surface area contributed by atoms with Crippen molar-refractivity contribution >= 4 is 64.9 Å². The molecule has 0 unspecified atom stereocenters. The average Bonchev–Trinajstić information content (AvgIpc) is 3.25. The standard InChI is InChI=1S/C49H29N5/c1-3-13-33-28-35(21-19-30(33)10-1)47-52-48(36-22-20-31-11-2-4-14-34(31)29-36)54-49(53-47)39-25-26-42(45-38(39)17-9-27-50-45)46-41-24-23-32-12-5-6-15-37(32)44(41)40-16-7-8-18-43(40)51-46/h1-29H. The number of para-hydroxylation sites is 1. The molecule has 3 heterocycles. The van der Waals surface area contributed by atoms with Crippen molar-refractivity contribution < 1.29 is 0 Å². The molecule has 5 nitrogen and oxygen atoms in total. The van der Waals surface area contributed by atoms with Crippen molar-refractivity contribution in [2.75, 3.05) is 0 Å². The maximum atomic E-state index is 5.31. The van der Waals surface area contributed by atoms with E-state index in [0.29, 0.717) is 17.5 Å². The molecule has 0 aliphatic rings. The van der Waals surface area contributed by atoms with Crippen LogP contribution in [-0.4, -0.2) is 24.9 Å². The first kappa shape index (κ1) is 30.3. The van der Waals surface area contributed by atoms with Crippen LogP contribution in [0, 0.1) is 0 Å². The van der Waals surface area contributed by atoms with Crippen molar-refractivity contribution in [2.45, 2.75) is 0 Å². The summed E-state index contributed by atoms with van der Waals surface area (Å²) in [7, 11) is 0. The van der Waals surface area contributed by atoms with Gasteiger partial charge in [0.1, 0.15) is 0 Å². The second kappa shape index (κ2) is 12.1. The Kier molecular flexibility index (Phi) is 6.79. The van der Waals surface area contributed by atoms with Gasteiger partial charge in [-0.05, 0) is 68.7 Å². The summed E-state index contributed by atoms with van der Waals surface area (Å²) in [6.07, 6.45) is 1.85. The van der Waals surface area contributed by atoms with Gasteiger partial charge in [0.15, 0.2) is 17.5 Å². The molecular formula is C49H29N5. The molecule has 3 aromatic heterocycles. The van der Waals surface area contributed by atoms with Gasteiger partial charge in [-0.3, -0.25) is 4.98 Å². The van der Waals surface area contributed by atoms with E-state index < -0.39 is 0 Å². The molecule has 54 heavy (non-hydrogen) atoms. The number of hydrogen-bond donors (Lipinski definition) is 0. The molecule has 0 atom stereocenters. The highest BCUT2D eigenvalue weighted by Gasteiger charge is 2.20. The zero-order chi connectivity index (χ0) is 35.6. The fourth-order valence-corrected chi connectivity index (χ4v) is 7.90. The van der Waals surface area contributed by atoms with Crippen LogP contribution < -0.4 is 0 Å². The van der Waals surface area contributed by atoms with E-state index in [1.54, 1.807) is 0 Å². The Balaban J connectivity index is 1.15. The van der Waals surface area contributed by atoms with Gasteiger partial charge in [-0.2, -0.15) is 0 Å². The van der Waals surface area contributed by atoms with Crippen LogP contribution in [0.25, 0.3) is 110 Å². The normalized spacial score (nSPS) is 11.7. The first-order chi connectivity index (χ1) is 26.7. The lowest BCUT2D eigenvalue weighted by atomic mass is 9.93. The predicted octanol–water partition coefficient (Wildman–Crippen LogP) is 12.2. The van der Waals surface area contributed by atoms with Crippen LogP contribution in [0.5, 0.6) is 0 Å². The Morgan fingerprint density at radius 1 is 0.333 bits per heavy atom. The largest absolute Gasteiger partial charge is 0.256 e. The fraction of sp³-hybridized carbons (Fsp3) is 0. The summed E-state index contributed by atoms with van der Waals surface area (Å²) in [6, 6.07) is 59.2. The Morgan fingerprint density at radius 3 is 1.61 bits per heavy atom. The molecule has 0 radical (unpaired) electrons. The van der Waals surface area contributed by atoms with E-state index in [1.807, 2.05) is 12.3 Å². The van der Waals surface area contributed by atoms with Crippen LogP contribution >= 0.6 is 0 Å². The summed E-state index contributed by atoms with van der Waals surface area (Å²) in [5.74, 6) is 1.82. The molecule has 0 saturated heterocycles. The number of benzene rings is 8. The third kappa shape index (κ3) is 4.90. The van der Waals surface area contributed by atoms with Crippen molar-refractivity contribution in [3.63, 3.8) is 0 Å². The lowest BCUT2D eigenvalue weighted by Crippen LogP contribution is -2.01. The van der Waals surface area contributed by atoms with Crippen molar-refractivity contribution in [1.82, 2.24) is 24.9 Å². The summed E-state index contributed by atoms with van der Waals surface area (Å²) in [5, 5.41) is 11.4. The van der Waals surface area contributed by atoms with Crippen LogP contribution in [-0.2, 0) is 0 Å². The molecule has 0 spiro atoms. The van der Waals surface area contributed by atoms with E-state index in [2.05, 4.69) is 164 Å². The molecule has 0 aliphatic carbocycles. The summed E-state index contributed by atoms with van der Waals surface area (Å²) >= 11 is 0. The smallest absolute Gasteiger partial charge is 0.164 e. The van der Waals surface area contributed by atoms with Crippen LogP contribution in [0.1, 0.15) is 0 Å². The zero-order valence-electron chi connectivity index (χ0n) is 29.0. The molecule has 11 rings (SSSR count). The minimum absolute atomic E-state index is 0.586. The Bertz CT molecular complexity index is 3180. The molecule has 0 amide bonds. The van der Waals surface area contributed by atoms with Crippen molar-refractivity contribution in [3.05, 3.63) is 176 Å². The summed E-state index contributed by atoms with van der Waals surface area (Å²) in [5.41, 5.74) is 6.38. The fourth-order valence-electron chi connectivity index (χ4n) is 7.90. The number of fused-ring (bicyclic) bond motifs is 8. The number of rotatable bonds is 4. The summed E-state index contributed by atoms with van der Waals surface area (Å²) in [4.78, 5) is 25.8. The van der Waals surface area contributed by atoms with Crippen LogP contribution in [0.2, 0.25) is 0 Å². The summed E-state index contributed by atoms with van der Waals surface area (Å²) in [6.45, 7) is 0. The van der Waals surface area contributed by atoms with Crippen LogP contribution in [0.4, 0.5) is 0 Å². The first-order valence-corrected chi connectivity index (χ1v) is 18.1. The van der Waals surface area contributed by atoms with Gasteiger partial charge in [0.25, 0.3) is 0 Å². The van der Waals surface area contributed by atoms with E-state index in [-0.39, 0.29) is 0 Å². The van der Waals surface area contributed by atoms with Crippen molar-refractivity contribution in [3.8, 4) is 45.4 Å². The predicted molar refractivity (Wildman–Crippen MR) is 222 cm³/mol. The molecule has 0 bridgehead atoms. The lowest BCUT2D eigenvalue weighted by Gasteiger charge is -2.15. The molecule has 11 aromatic rings. The zero-order valence-corrected chi connectivity index (χ0v) is 29.0. The Hall–Kier alpha value is -7.37. The molecule has 0 fully saturated rings. The number of nitrogens with zero attached hydrogens (tertiary/aromatic N) is 5. The lowest BCUT2D eigenvalue weighted by molar-refractivity contribution is 1.08. The highest BCUT2D eigenvalue weighted by Crippen LogP contribution is 2.41. The minimum Gasteiger partial charge on any atom is -0.256 e. The topological polar surface area (TPSA) is 64.5 Å². The van der Waals surface area contributed by atoms with E-state index in [4.69, 9.17) is 24.9 Å². The van der Waals surface area contributed by atoms with Gasteiger partial charge in [-0.1, -0.05) is 133 Å². The molecule has 0 N–H and O–H groups in total. The Morgan fingerprint density at radius 2 is 0.889 bits per heavy atom. The third-order valence-corrected chi connectivity index (χ3v) is 10.5. The van der Waals surface area contributed by atoms with E-state index in [9.17, 15) is 0 Å². The second-order valence-corrected chi connectivity index (χ2v) is 13.7. The number of hydrogen-bond acceptors (Lipinski definition) is 5. The molecule has 0 aliphatic heterocycles. The molecule has 0 saturated carbocycles. The van der Waals surface area contributed by atoms with Gasteiger partial charge in [-0.25, -0.2) is 19.9 Å². The van der Waals surface area contributed by atoms with Gasteiger partial charge in [0, 0.05) is 50.0 Å². The van der Waals surface area contributed by atoms with Gasteiger partial charge < -0.3 is 0 Å². The maximum Gasteiger partial charge on any atom is 0.164 e. The quantitative estimate of drug-likeness (QED) is 0.172. The highest BCUT2D eigenvalue weighted by atomic mass is 15.0. The van der Waals surface area contributed by atoms with E-state index >= 15 is 0 Å². The first-order valence-electron chi connectivity index (χ1n) is 18.1. The van der Waals surface area contributed by atoms with Gasteiger partial charge in [0.05, 0.1) is 16.7 Å². The number of aromatic nitrogens is 5. The highest BCUT2D eigenvalue weighted by molar-refractivity contribution is 6.23. The third-order valence-electron chi connectivity index (χ3n) is 10.5. The summed E-state index contributed by atoms with van der Waals surface area (Å²) < 4.78 is 0. The van der Waals surface area contributed by atoms with Gasteiger partial charge >= 0.3 is 0 Å². The monoisotopic (exact) mass is 687 g/mol. The molecular weight excluding hydrogens is 659 g/mol. The second-order valence-electron chi connectivity index (χ2n) is 13.7. The molecule has 8 aromatic carbocycles. The molecule has 250 valence electrons. The van der Waals surface area contributed by atoms with Crippen LogP contribution in [0.3, 0.4) is 0 Å².